The molecule has 0 aliphatic carbocycles. The highest BCUT2D eigenvalue weighted by atomic mass is 16.5. The predicted molar refractivity (Wildman–Crippen MR) is 110 cm³/mol. The van der Waals surface area contributed by atoms with Crippen molar-refractivity contribution in [1.82, 2.24) is 15.4 Å². The summed E-state index contributed by atoms with van der Waals surface area (Å²) in [6.07, 6.45) is 3.23. The first-order chi connectivity index (χ1) is 14.1. The lowest BCUT2D eigenvalue weighted by Crippen LogP contribution is -2.40. The summed E-state index contributed by atoms with van der Waals surface area (Å²) in [5, 5.41) is 0. The van der Waals surface area contributed by atoms with Crippen LogP contribution in [-0.2, 0) is 20.7 Å². The zero-order valence-corrected chi connectivity index (χ0v) is 16.4. The molecule has 9 nitrogen and oxygen atoms in total. The Morgan fingerprint density at radius 3 is 2.83 bits per heavy atom. The van der Waals surface area contributed by atoms with E-state index in [4.69, 9.17) is 10.5 Å². The minimum atomic E-state index is -0.212. The highest BCUT2D eigenvalue weighted by Gasteiger charge is 2.29. The molecule has 3 rings (SSSR count). The van der Waals surface area contributed by atoms with E-state index >= 15 is 0 Å². The lowest BCUT2D eigenvalue weighted by Gasteiger charge is -2.33. The summed E-state index contributed by atoms with van der Waals surface area (Å²) in [5.74, 6) is 0.232. The number of nitrogens with one attached hydrogen (secondary N) is 2. The third-order valence-electron chi connectivity index (χ3n) is 4.73. The van der Waals surface area contributed by atoms with Crippen molar-refractivity contribution in [2.24, 2.45) is 5.92 Å². The Balaban J connectivity index is 1.63. The van der Waals surface area contributed by atoms with Crippen molar-refractivity contribution < 1.29 is 14.3 Å². The smallest absolute Gasteiger partial charge is 0.310 e. The van der Waals surface area contributed by atoms with Crippen molar-refractivity contribution in [2.45, 2.75) is 26.2 Å². The molecule has 9 heteroatoms. The number of carbonyl (C=O) groups is 2. The SMILES string of the molecule is CCOC(=O)C1CCCN(c2ncnc(NNC(=O)Cc3ccccc3)c2N)C1. The molecule has 1 aromatic carbocycles. The number of nitrogens with two attached hydrogens (primary N) is 1. The zero-order chi connectivity index (χ0) is 20.6. The average molecular weight is 398 g/mol. The number of anilines is 3. The second kappa shape index (κ2) is 9.72. The van der Waals surface area contributed by atoms with Gasteiger partial charge in [-0.2, -0.15) is 0 Å². The van der Waals surface area contributed by atoms with Crippen LogP contribution in [-0.4, -0.2) is 41.5 Å². The molecule has 0 radical (unpaired) electrons. The van der Waals surface area contributed by atoms with Crippen LogP contribution in [0.15, 0.2) is 36.7 Å². The van der Waals surface area contributed by atoms with Gasteiger partial charge in [-0.3, -0.25) is 20.4 Å². The van der Waals surface area contributed by atoms with Crippen molar-refractivity contribution in [3.8, 4) is 0 Å². The Morgan fingerprint density at radius 2 is 2.07 bits per heavy atom. The predicted octanol–water partition coefficient (Wildman–Crippen LogP) is 1.52. The number of hydrogen-bond acceptors (Lipinski definition) is 8. The third kappa shape index (κ3) is 5.34. The number of aromatic nitrogens is 2. The van der Waals surface area contributed by atoms with Crippen LogP contribution in [0.25, 0.3) is 0 Å². The standard InChI is InChI=1S/C20H26N6O3/c1-2-29-20(28)15-9-6-10-26(12-15)19-17(21)18(22-13-23-19)25-24-16(27)11-14-7-4-3-5-8-14/h3-5,7-8,13,15H,2,6,9-12,21H2,1H3,(H,24,27)(H,22,23,25). The largest absolute Gasteiger partial charge is 0.466 e. The maximum atomic E-state index is 12.1. The van der Waals surface area contributed by atoms with E-state index in [0.717, 1.165) is 24.9 Å². The van der Waals surface area contributed by atoms with E-state index in [9.17, 15) is 9.59 Å². The molecule has 1 saturated heterocycles. The molecule has 1 atom stereocenters. The molecule has 1 amide bonds. The molecular weight excluding hydrogens is 372 g/mol. The average Bonchev–Trinajstić information content (AvgIpc) is 2.74. The van der Waals surface area contributed by atoms with Gasteiger partial charge in [-0.25, -0.2) is 9.97 Å². The van der Waals surface area contributed by atoms with Gasteiger partial charge in [-0.15, -0.1) is 0 Å². The van der Waals surface area contributed by atoms with Crippen molar-refractivity contribution in [3.63, 3.8) is 0 Å². The van der Waals surface area contributed by atoms with Gasteiger partial charge < -0.3 is 15.4 Å². The van der Waals surface area contributed by atoms with E-state index in [1.54, 1.807) is 6.92 Å². The van der Waals surface area contributed by atoms with Gasteiger partial charge in [0.05, 0.1) is 18.9 Å². The number of nitrogen functional groups attached to an aromatic ring is 1. The molecule has 4 N–H and O–H groups in total. The van der Waals surface area contributed by atoms with Gasteiger partial charge in [-0.05, 0) is 25.3 Å². The number of carbonyl (C=O) groups excluding carboxylic acids is 2. The van der Waals surface area contributed by atoms with E-state index in [2.05, 4.69) is 20.8 Å². The fourth-order valence-corrected chi connectivity index (χ4v) is 3.31. The Labute approximate surface area is 169 Å². The Bertz CT molecular complexity index is 845. The number of amides is 1. The fraction of sp³-hybridized carbons (Fsp3) is 0.400. The third-order valence-corrected chi connectivity index (χ3v) is 4.73. The molecule has 29 heavy (non-hydrogen) atoms. The molecular formula is C20H26N6O3. The van der Waals surface area contributed by atoms with E-state index in [0.29, 0.717) is 30.5 Å². The Kier molecular flexibility index (Phi) is 6.83. The van der Waals surface area contributed by atoms with Gasteiger partial charge >= 0.3 is 5.97 Å². The maximum Gasteiger partial charge on any atom is 0.310 e. The van der Waals surface area contributed by atoms with Crippen LogP contribution in [0.3, 0.4) is 0 Å². The molecule has 0 bridgehead atoms. The van der Waals surface area contributed by atoms with E-state index in [-0.39, 0.29) is 24.2 Å². The van der Waals surface area contributed by atoms with Gasteiger partial charge in [0.25, 0.3) is 0 Å². The van der Waals surface area contributed by atoms with Crippen LogP contribution < -0.4 is 21.5 Å². The molecule has 1 aliphatic heterocycles. The van der Waals surface area contributed by atoms with Crippen molar-refractivity contribution >= 4 is 29.2 Å². The molecule has 1 fully saturated rings. The molecule has 1 unspecified atom stereocenters. The minimum Gasteiger partial charge on any atom is -0.466 e. The highest BCUT2D eigenvalue weighted by Crippen LogP contribution is 2.29. The first kappa shape index (κ1) is 20.4. The van der Waals surface area contributed by atoms with E-state index in [1.165, 1.54) is 6.33 Å². The Morgan fingerprint density at radius 1 is 1.28 bits per heavy atom. The first-order valence-electron chi connectivity index (χ1n) is 9.69. The maximum absolute atomic E-state index is 12.1. The monoisotopic (exact) mass is 398 g/mol. The van der Waals surface area contributed by atoms with Gasteiger partial charge in [-0.1, -0.05) is 30.3 Å². The molecule has 1 aliphatic rings. The summed E-state index contributed by atoms with van der Waals surface area (Å²) in [5.41, 5.74) is 12.8. The van der Waals surface area contributed by atoms with Crippen molar-refractivity contribution in [1.29, 1.82) is 0 Å². The highest BCUT2D eigenvalue weighted by molar-refractivity contribution is 5.82. The summed E-state index contributed by atoms with van der Waals surface area (Å²) >= 11 is 0. The molecule has 1 aromatic heterocycles. The van der Waals surface area contributed by atoms with Gasteiger partial charge in [0.1, 0.15) is 12.0 Å². The second-order valence-electron chi connectivity index (χ2n) is 6.83. The van der Waals surface area contributed by atoms with Crippen LogP contribution in [0.5, 0.6) is 0 Å². The first-order valence-corrected chi connectivity index (χ1v) is 9.69. The fourth-order valence-electron chi connectivity index (χ4n) is 3.31. The number of rotatable bonds is 7. The lowest BCUT2D eigenvalue weighted by atomic mass is 9.98. The van der Waals surface area contributed by atoms with Crippen LogP contribution in [0.1, 0.15) is 25.3 Å². The van der Waals surface area contributed by atoms with Crippen LogP contribution in [0.2, 0.25) is 0 Å². The minimum absolute atomic E-state index is 0.198. The number of hydrazine groups is 1. The molecule has 0 spiro atoms. The number of piperidine rings is 1. The quantitative estimate of drug-likeness (QED) is 0.474. The van der Waals surface area contributed by atoms with Crippen LogP contribution in [0.4, 0.5) is 17.3 Å². The van der Waals surface area contributed by atoms with Gasteiger partial charge in [0, 0.05) is 13.1 Å². The second-order valence-corrected chi connectivity index (χ2v) is 6.83. The number of ether oxygens (including phenoxy) is 1. The summed E-state index contributed by atoms with van der Waals surface area (Å²) < 4.78 is 5.14. The van der Waals surface area contributed by atoms with Gasteiger partial charge in [0.2, 0.25) is 5.91 Å². The summed E-state index contributed by atoms with van der Waals surface area (Å²) in [6.45, 7) is 3.38. The number of hydrogen-bond donors (Lipinski definition) is 3. The summed E-state index contributed by atoms with van der Waals surface area (Å²) in [4.78, 5) is 34.6. The molecule has 2 aromatic rings. The van der Waals surface area contributed by atoms with E-state index < -0.39 is 0 Å². The van der Waals surface area contributed by atoms with Crippen LogP contribution >= 0.6 is 0 Å². The van der Waals surface area contributed by atoms with Crippen molar-refractivity contribution in [3.05, 3.63) is 42.2 Å². The van der Waals surface area contributed by atoms with Gasteiger partial charge in [0.15, 0.2) is 11.6 Å². The normalized spacial score (nSPS) is 16.2. The molecule has 154 valence electrons. The Hall–Kier alpha value is -3.36. The number of benzene rings is 1. The van der Waals surface area contributed by atoms with E-state index in [1.807, 2.05) is 35.2 Å². The van der Waals surface area contributed by atoms with Crippen LogP contribution in [0, 0.1) is 5.92 Å². The zero-order valence-electron chi connectivity index (χ0n) is 16.4. The molecule has 2 heterocycles. The van der Waals surface area contributed by atoms with Crippen molar-refractivity contribution in [2.75, 3.05) is 35.8 Å². The summed E-state index contributed by atoms with van der Waals surface area (Å²) in [7, 11) is 0. The summed E-state index contributed by atoms with van der Waals surface area (Å²) in [6, 6.07) is 9.43. The lowest BCUT2D eigenvalue weighted by molar-refractivity contribution is -0.148. The molecule has 0 saturated carbocycles. The number of nitrogens with zero attached hydrogens (tertiary/aromatic N) is 3. The number of esters is 1. The topological polar surface area (TPSA) is 122 Å².